The van der Waals surface area contributed by atoms with Crippen LogP contribution in [0.2, 0.25) is 0 Å². The van der Waals surface area contributed by atoms with E-state index in [2.05, 4.69) is 17.9 Å². The quantitative estimate of drug-likeness (QED) is 0.260. The molecule has 0 spiro atoms. The largest absolute Gasteiger partial charge is 0.489 e. The van der Waals surface area contributed by atoms with Gasteiger partial charge in [-0.1, -0.05) is 48.4 Å². The molecule has 0 fully saturated rings. The number of fused-ring (bicyclic) bond motifs is 1. The van der Waals surface area contributed by atoms with Crippen LogP contribution in [0.15, 0.2) is 70.9 Å². The highest BCUT2D eigenvalue weighted by Crippen LogP contribution is 2.43. The van der Waals surface area contributed by atoms with E-state index in [-0.39, 0.29) is 5.92 Å². The first-order valence-corrected chi connectivity index (χ1v) is 13.9. The predicted molar refractivity (Wildman–Crippen MR) is 142 cm³/mol. The number of sulfone groups is 1. The van der Waals surface area contributed by atoms with Crippen molar-refractivity contribution in [2.24, 2.45) is 0 Å². The minimum absolute atomic E-state index is 0.107. The topological polar surface area (TPSA) is 67.2 Å². The molecule has 0 saturated carbocycles. The van der Waals surface area contributed by atoms with Gasteiger partial charge in [0.2, 0.25) is 0 Å². The van der Waals surface area contributed by atoms with E-state index in [1.54, 1.807) is 6.92 Å². The molecule has 0 radical (unpaired) electrons. The van der Waals surface area contributed by atoms with Crippen molar-refractivity contribution in [1.29, 1.82) is 5.26 Å². The summed E-state index contributed by atoms with van der Waals surface area (Å²) in [7, 11) is -3.39. The number of ether oxygens (including phenoxy) is 1. The molecule has 0 bridgehead atoms. The number of benzene rings is 3. The lowest BCUT2D eigenvalue weighted by Crippen LogP contribution is -1.98. The third-order valence-corrected chi connectivity index (χ3v) is 8.77. The van der Waals surface area contributed by atoms with Gasteiger partial charge in [0.25, 0.3) is 0 Å². The van der Waals surface area contributed by atoms with Crippen molar-refractivity contribution < 1.29 is 13.2 Å². The van der Waals surface area contributed by atoms with Crippen molar-refractivity contribution in [1.82, 2.24) is 0 Å². The Kier molecular flexibility index (Phi) is 7.26. The zero-order valence-corrected chi connectivity index (χ0v) is 21.5. The fourth-order valence-electron chi connectivity index (χ4n) is 4.06. The molecular weight excluding hydrogens is 474 g/mol. The van der Waals surface area contributed by atoms with Crippen LogP contribution in [0.25, 0.3) is 21.2 Å². The number of aryl methyl sites for hydroxylation is 1. The molecule has 0 aliphatic rings. The summed E-state index contributed by atoms with van der Waals surface area (Å²) in [5, 5.41) is 9.96. The van der Waals surface area contributed by atoms with Gasteiger partial charge < -0.3 is 4.74 Å². The van der Waals surface area contributed by atoms with Gasteiger partial charge >= 0.3 is 0 Å². The molecule has 0 N–H and O–H groups in total. The summed E-state index contributed by atoms with van der Waals surface area (Å²) in [6.45, 7) is 4.12. The SMILES string of the molecule is CC#C[C@@H](CC#N)c1ccc(OCc2ccc3sc(S(C)(=O)=O)c(-c4ccccc4C)c3c2)cc1. The molecular formula is C29H25NO3S2. The van der Waals surface area contributed by atoms with E-state index >= 15 is 0 Å². The predicted octanol–water partition coefficient (Wildman–Crippen LogP) is 6.88. The van der Waals surface area contributed by atoms with E-state index in [1.165, 1.54) is 17.6 Å². The molecule has 176 valence electrons. The van der Waals surface area contributed by atoms with Crippen LogP contribution in [0, 0.1) is 30.1 Å². The Bertz CT molecular complexity index is 1580. The summed E-state index contributed by atoms with van der Waals surface area (Å²) in [6, 6.07) is 23.7. The molecule has 1 aromatic heterocycles. The molecule has 4 nitrogen and oxygen atoms in total. The smallest absolute Gasteiger partial charge is 0.185 e. The summed E-state index contributed by atoms with van der Waals surface area (Å²) >= 11 is 1.31. The van der Waals surface area contributed by atoms with Crippen LogP contribution in [-0.4, -0.2) is 14.7 Å². The van der Waals surface area contributed by atoms with Gasteiger partial charge in [-0.25, -0.2) is 8.42 Å². The number of nitriles is 1. The third-order valence-electron chi connectivity index (χ3n) is 5.77. The maximum Gasteiger partial charge on any atom is 0.185 e. The van der Waals surface area contributed by atoms with Gasteiger partial charge in [-0.2, -0.15) is 5.26 Å². The van der Waals surface area contributed by atoms with Gasteiger partial charge in [-0.15, -0.1) is 17.3 Å². The summed E-state index contributed by atoms with van der Waals surface area (Å²) in [4.78, 5) is 0. The minimum Gasteiger partial charge on any atom is -0.489 e. The summed E-state index contributed by atoms with van der Waals surface area (Å²) < 4.78 is 32.6. The summed E-state index contributed by atoms with van der Waals surface area (Å²) in [5.41, 5.74) is 4.66. The maximum absolute atomic E-state index is 12.6. The van der Waals surface area contributed by atoms with Crippen molar-refractivity contribution in [2.75, 3.05) is 6.26 Å². The van der Waals surface area contributed by atoms with Crippen molar-refractivity contribution in [3.8, 4) is 34.8 Å². The van der Waals surface area contributed by atoms with E-state index in [9.17, 15) is 8.42 Å². The monoisotopic (exact) mass is 499 g/mol. The first-order chi connectivity index (χ1) is 16.8. The highest BCUT2D eigenvalue weighted by molar-refractivity contribution is 7.93. The molecule has 0 unspecified atom stereocenters. The average molecular weight is 500 g/mol. The molecule has 35 heavy (non-hydrogen) atoms. The van der Waals surface area contributed by atoms with Gasteiger partial charge in [0, 0.05) is 21.9 Å². The second-order valence-corrected chi connectivity index (χ2v) is 11.6. The van der Waals surface area contributed by atoms with Gasteiger partial charge in [-0.05, 0) is 60.4 Å². The van der Waals surface area contributed by atoms with Gasteiger partial charge in [-0.3, -0.25) is 0 Å². The Morgan fingerprint density at radius 2 is 1.80 bits per heavy atom. The van der Waals surface area contributed by atoms with Crippen molar-refractivity contribution in [3.63, 3.8) is 0 Å². The fraction of sp³-hybridized carbons (Fsp3) is 0.207. The standard InChI is InChI=1S/C29H25NO3S2/c1-4-7-22(16-17-30)23-11-13-24(14-12-23)33-19-21-10-15-27-26(18-21)28(29(34-27)35(3,31)32)25-9-6-5-8-20(25)2/h5-6,8-15,18,22H,16,19H2,1-3H3/t22-/m0/s1. The molecule has 3 aromatic carbocycles. The molecule has 4 rings (SSSR count). The number of thiophene rings is 1. The van der Waals surface area contributed by atoms with Crippen LogP contribution in [0.3, 0.4) is 0 Å². The van der Waals surface area contributed by atoms with Crippen LogP contribution in [0.4, 0.5) is 0 Å². The number of hydrogen-bond donors (Lipinski definition) is 0. The Labute approximate surface area is 210 Å². The lowest BCUT2D eigenvalue weighted by atomic mass is 9.97. The molecule has 0 aliphatic heterocycles. The maximum atomic E-state index is 12.6. The number of rotatable bonds is 7. The fourth-order valence-corrected chi connectivity index (χ4v) is 6.46. The van der Waals surface area contributed by atoms with E-state index in [1.807, 2.05) is 73.7 Å². The highest BCUT2D eigenvalue weighted by Gasteiger charge is 2.22. The molecule has 0 amide bonds. The van der Waals surface area contributed by atoms with E-state index in [0.29, 0.717) is 17.2 Å². The Morgan fingerprint density at radius 3 is 2.46 bits per heavy atom. The van der Waals surface area contributed by atoms with Crippen LogP contribution in [0.1, 0.15) is 36.0 Å². The molecule has 1 heterocycles. The Hall–Kier alpha value is -3.58. The van der Waals surface area contributed by atoms with Crippen LogP contribution < -0.4 is 4.74 Å². The number of hydrogen-bond acceptors (Lipinski definition) is 5. The lowest BCUT2D eigenvalue weighted by Gasteiger charge is -2.11. The van der Waals surface area contributed by atoms with Crippen LogP contribution in [0.5, 0.6) is 5.75 Å². The Balaban J connectivity index is 1.64. The summed E-state index contributed by atoms with van der Waals surface area (Å²) in [6.07, 6.45) is 1.61. The first kappa shape index (κ1) is 24.5. The minimum atomic E-state index is -3.39. The van der Waals surface area contributed by atoms with Gasteiger partial charge in [0.15, 0.2) is 9.84 Å². The summed E-state index contributed by atoms with van der Waals surface area (Å²) in [5.74, 6) is 6.57. The second-order valence-electron chi connectivity index (χ2n) is 8.35. The highest BCUT2D eigenvalue weighted by atomic mass is 32.2. The van der Waals surface area contributed by atoms with Gasteiger partial charge in [0.1, 0.15) is 16.6 Å². The van der Waals surface area contributed by atoms with Crippen LogP contribution in [-0.2, 0) is 16.4 Å². The normalized spacial score (nSPS) is 11.9. The van der Waals surface area contributed by atoms with Gasteiger partial charge in [0.05, 0.1) is 18.4 Å². The lowest BCUT2D eigenvalue weighted by molar-refractivity contribution is 0.306. The number of nitrogens with zero attached hydrogens (tertiary/aromatic N) is 1. The molecule has 0 aliphatic carbocycles. The van der Waals surface area contributed by atoms with E-state index in [0.717, 1.165) is 43.7 Å². The third kappa shape index (κ3) is 5.41. The van der Waals surface area contributed by atoms with E-state index < -0.39 is 9.84 Å². The second kappa shape index (κ2) is 10.4. The molecule has 4 aromatic rings. The molecule has 6 heteroatoms. The van der Waals surface area contributed by atoms with Crippen molar-refractivity contribution >= 4 is 31.3 Å². The first-order valence-electron chi connectivity index (χ1n) is 11.1. The van der Waals surface area contributed by atoms with Crippen molar-refractivity contribution in [2.45, 2.75) is 37.0 Å². The Morgan fingerprint density at radius 1 is 1.06 bits per heavy atom. The van der Waals surface area contributed by atoms with Crippen molar-refractivity contribution in [3.05, 3.63) is 83.4 Å². The van der Waals surface area contributed by atoms with E-state index in [4.69, 9.17) is 10.00 Å². The van der Waals surface area contributed by atoms with Crippen LogP contribution >= 0.6 is 11.3 Å². The zero-order valence-electron chi connectivity index (χ0n) is 19.8. The molecule has 0 saturated heterocycles. The molecule has 1 atom stereocenters. The zero-order chi connectivity index (χ0) is 25.0. The average Bonchev–Trinajstić information content (AvgIpc) is 3.23.